The average molecular weight is 435 g/mol. The Labute approximate surface area is 185 Å². The van der Waals surface area contributed by atoms with Crippen LogP contribution in [0.1, 0.15) is 66.7 Å². The van der Waals surface area contributed by atoms with Crippen molar-refractivity contribution in [2.75, 3.05) is 13.2 Å². The molecule has 1 aliphatic heterocycles. The summed E-state index contributed by atoms with van der Waals surface area (Å²) in [5, 5.41) is 20.8. The van der Waals surface area contributed by atoms with Gasteiger partial charge in [-0.25, -0.2) is 4.79 Å². The van der Waals surface area contributed by atoms with E-state index < -0.39 is 29.0 Å². The van der Waals surface area contributed by atoms with E-state index in [0.29, 0.717) is 18.4 Å². The molecule has 2 saturated carbocycles. The Hall–Kier alpha value is -1.66. The van der Waals surface area contributed by atoms with Gasteiger partial charge in [0.25, 0.3) is 0 Å². The van der Waals surface area contributed by atoms with Crippen LogP contribution in [0.15, 0.2) is 23.8 Å². The van der Waals surface area contributed by atoms with Crippen LogP contribution in [0.2, 0.25) is 0 Å². The van der Waals surface area contributed by atoms with Gasteiger partial charge in [-0.2, -0.15) is 0 Å². The van der Waals surface area contributed by atoms with Crippen molar-refractivity contribution < 1.29 is 29.3 Å². The van der Waals surface area contributed by atoms with Gasteiger partial charge in [0.05, 0.1) is 23.7 Å². The fraction of sp³-hybridized carbons (Fsp3) is 0.760. The Morgan fingerprint density at radius 1 is 1.32 bits per heavy atom. The summed E-state index contributed by atoms with van der Waals surface area (Å²) in [5.74, 6) is -0.526. The second-order valence-electron chi connectivity index (χ2n) is 11.2. The molecule has 0 radical (unpaired) electrons. The molecule has 6 heteroatoms. The Morgan fingerprint density at radius 3 is 2.61 bits per heavy atom. The van der Waals surface area contributed by atoms with Crippen LogP contribution in [0.5, 0.6) is 0 Å². The minimum atomic E-state index is -0.685. The smallest absolute Gasteiger partial charge is 0.337 e. The zero-order valence-electron chi connectivity index (χ0n) is 19.6. The minimum absolute atomic E-state index is 0.0484. The zero-order chi connectivity index (χ0) is 23.2. The summed E-state index contributed by atoms with van der Waals surface area (Å²) in [5.41, 5.74) is 0.199. The predicted molar refractivity (Wildman–Crippen MR) is 117 cm³/mol. The summed E-state index contributed by atoms with van der Waals surface area (Å²) in [4.78, 5) is 24.7. The number of esters is 2. The highest BCUT2D eigenvalue weighted by Gasteiger charge is 2.57. The molecule has 1 saturated heterocycles. The van der Waals surface area contributed by atoms with Crippen LogP contribution in [0.3, 0.4) is 0 Å². The first-order valence-electron chi connectivity index (χ1n) is 11.4. The van der Waals surface area contributed by atoms with Gasteiger partial charge in [-0.15, -0.1) is 0 Å². The van der Waals surface area contributed by atoms with Gasteiger partial charge in [-0.1, -0.05) is 32.1 Å². The van der Waals surface area contributed by atoms with Crippen molar-refractivity contribution in [1.82, 2.24) is 0 Å². The lowest BCUT2D eigenvalue weighted by molar-refractivity contribution is -0.157. The molecule has 0 aromatic rings. The van der Waals surface area contributed by atoms with E-state index >= 15 is 0 Å². The van der Waals surface area contributed by atoms with E-state index in [2.05, 4.69) is 13.5 Å². The normalized spacial score (nSPS) is 39.9. The lowest BCUT2D eigenvalue weighted by atomic mass is 9.46. The van der Waals surface area contributed by atoms with Gasteiger partial charge in [0.15, 0.2) is 6.10 Å². The van der Waals surface area contributed by atoms with Gasteiger partial charge in [0.2, 0.25) is 0 Å². The second-order valence-corrected chi connectivity index (χ2v) is 11.2. The van der Waals surface area contributed by atoms with E-state index in [4.69, 9.17) is 9.47 Å². The molecule has 0 bridgehead atoms. The molecule has 3 rings (SSSR count). The summed E-state index contributed by atoms with van der Waals surface area (Å²) >= 11 is 0. The Morgan fingerprint density at radius 2 is 2.00 bits per heavy atom. The highest BCUT2D eigenvalue weighted by atomic mass is 16.6. The van der Waals surface area contributed by atoms with Crippen LogP contribution >= 0.6 is 0 Å². The molecule has 2 N–H and O–H groups in total. The zero-order valence-corrected chi connectivity index (χ0v) is 19.6. The van der Waals surface area contributed by atoms with E-state index in [0.717, 1.165) is 24.8 Å². The fourth-order valence-corrected chi connectivity index (χ4v) is 5.95. The van der Waals surface area contributed by atoms with Gasteiger partial charge in [-0.05, 0) is 70.1 Å². The van der Waals surface area contributed by atoms with Crippen molar-refractivity contribution in [3.8, 4) is 0 Å². The van der Waals surface area contributed by atoms with Crippen molar-refractivity contribution in [3.05, 3.63) is 23.8 Å². The number of ether oxygens (including phenoxy) is 2. The number of carbonyl (C=O) groups excluding carboxylic acids is 2. The average Bonchev–Trinajstić information content (AvgIpc) is 3.03. The molecule has 3 aliphatic rings. The summed E-state index contributed by atoms with van der Waals surface area (Å²) in [6, 6.07) is 0. The maximum atomic E-state index is 12.4. The summed E-state index contributed by atoms with van der Waals surface area (Å²) in [6.45, 7) is 13.9. The van der Waals surface area contributed by atoms with Crippen LogP contribution in [0, 0.1) is 28.1 Å². The van der Waals surface area contributed by atoms with Gasteiger partial charge in [0.1, 0.15) is 6.61 Å². The molecule has 2 aliphatic carbocycles. The first kappa shape index (κ1) is 24.0. The number of allylic oxidation sites excluding steroid dienone is 2. The summed E-state index contributed by atoms with van der Waals surface area (Å²) < 4.78 is 10.8. The number of aliphatic hydroxyl groups is 2. The molecule has 0 aromatic carbocycles. The third kappa shape index (κ3) is 4.21. The topological polar surface area (TPSA) is 93.1 Å². The molecule has 6 atom stereocenters. The third-order valence-electron chi connectivity index (χ3n) is 8.08. The molecule has 0 aromatic heterocycles. The first-order valence-corrected chi connectivity index (χ1v) is 11.4. The fourth-order valence-electron chi connectivity index (χ4n) is 5.95. The van der Waals surface area contributed by atoms with Gasteiger partial charge < -0.3 is 19.7 Å². The molecule has 1 unspecified atom stereocenters. The Kier molecular flexibility index (Phi) is 6.47. The number of rotatable bonds is 4. The van der Waals surface area contributed by atoms with E-state index in [1.54, 1.807) is 20.8 Å². The molecule has 31 heavy (non-hydrogen) atoms. The highest BCUT2D eigenvalue weighted by Crippen LogP contribution is 2.61. The van der Waals surface area contributed by atoms with Crippen molar-refractivity contribution in [2.45, 2.75) is 78.9 Å². The minimum Gasteiger partial charge on any atom is -0.458 e. The van der Waals surface area contributed by atoms with Crippen LogP contribution in [0.4, 0.5) is 0 Å². The maximum Gasteiger partial charge on any atom is 0.337 e. The van der Waals surface area contributed by atoms with Crippen molar-refractivity contribution in [1.29, 1.82) is 0 Å². The molecule has 0 spiro atoms. The highest BCUT2D eigenvalue weighted by molar-refractivity contribution is 5.92. The molecule has 0 amide bonds. The number of hydrogen-bond acceptors (Lipinski definition) is 6. The predicted octanol–water partition coefficient (Wildman–Crippen LogP) is 3.56. The second kappa shape index (κ2) is 8.36. The standard InChI is InChI=1S/C25H38O6/c1-15-7-10-19-24(5,12-11-20(27)25(19,6)14-26)17(15)9-8-16-18(13-30-21(16)28)31-22(29)23(2,3)4/h8,17-20,26-27H,1,7,9-14H2,2-6H3/b16-8+/t17-,18+,19?,20+,24+,25-/m0/s1. The van der Waals surface area contributed by atoms with Crippen LogP contribution < -0.4 is 0 Å². The lowest BCUT2D eigenvalue weighted by Crippen LogP contribution is -2.57. The van der Waals surface area contributed by atoms with Gasteiger partial charge >= 0.3 is 11.9 Å². The number of hydrogen-bond donors (Lipinski definition) is 2. The van der Waals surface area contributed by atoms with Crippen molar-refractivity contribution in [2.24, 2.45) is 28.1 Å². The summed E-state index contributed by atoms with van der Waals surface area (Å²) in [6.07, 6.45) is 4.46. The van der Waals surface area contributed by atoms with E-state index in [-0.39, 0.29) is 36.4 Å². The number of aliphatic hydroxyl groups excluding tert-OH is 2. The molecule has 174 valence electrons. The Balaban J connectivity index is 1.84. The van der Waals surface area contributed by atoms with E-state index in [9.17, 15) is 19.8 Å². The van der Waals surface area contributed by atoms with Crippen LogP contribution in [-0.2, 0) is 19.1 Å². The summed E-state index contributed by atoms with van der Waals surface area (Å²) in [7, 11) is 0. The quantitative estimate of drug-likeness (QED) is 0.399. The number of cyclic esters (lactones) is 1. The maximum absolute atomic E-state index is 12.4. The molecule has 3 fully saturated rings. The Bertz CT molecular complexity index is 777. The van der Waals surface area contributed by atoms with E-state index in [1.807, 2.05) is 13.0 Å². The van der Waals surface area contributed by atoms with Crippen LogP contribution in [0.25, 0.3) is 0 Å². The number of carbonyl (C=O) groups is 2. The molecular formula is C25H38O6. The molecular weight excluding hydrogens is 396 g/mol. The van der Waals surface area contributed by atoms with E-state index in [1.165, 1.54) is 0 Å². The third-order valence-corrected chi connectivity index (χ3v) is 8.08. The van der Waals surface area contributed by atoms with Gasteiger partial charge in [-0.3, -0.25) is 4.79 Å². The lowest BCUT2D eigenvalue weighted by Gasteiger charge is -2.59. The monoisotopic (exact) mass is 434 g/mol. The largest absolute Gasteiger partial charge is 0.458 e. The van der Waals surface area contributed by atoms with Crippen molar-refractivity contribution in [3.63, 3.8) is 0 Å². The van der Waals surface area contributed by atoms with Crippen LogP contribution in [-0.4, -0.2) is 47.6 Å². The molecule has 6 nitrogen and oxygen atoms in total. The van der Waals surface area contributed by atoms with Crippen molar-refractivity contribution >= 4 is 11.9 Å². The van der Waals surface area contributed by atoms with Gasteiger partial charge in [0, 0.05) is 5.41 Å². The molecule has 1 heterocycles. The number of fused-ring (bicyclic) bond motifs is 1. The first-order chi connectivity index (χ1) is 14.3. The SMILES string of the molecule is C=C1CCC2[C@](C)(CO)[C@H](O)CC[C@]2(C)[C@H]1C/C=C1/C(=O)OC[C@H]1OC(=O)C(C)(C)C.